The maximum atomic E-state index is 11.8. The Morgan fingerprint density at radius 2 is 2.29 bits per heavy atom. The van der Waals surface area contributed by atoms with Gasteiger partial charge in [0.1, 0.15) is 5.75 Å². The second-order valence-electron chi connectivity index (χ2n) is 4.19. The number of fused-ring (bicyclic) bond motifs is 1. The molecule has 0 atom stereocenters. The van der Waals surface area contributed by atoms with Crippen LogP contribution in [0.15, 0.2) is 18.2 Å². The molecule has 1 heterocycles. The van der Waals surface area contributed by atoms with Crippen molar-refractivity contribution in [1.29, 1.82) is 0 Å². The summed E-state index contributed by atoms with van der Waals surface area (Å²) < 4.78 is 5.44. The highest BCUT2D eigenvalue weighted by Gasteiger charge is 2.24. The molecule has 1 aromatic rings. The van der Waals surface area contributed by atoms with Gasteiger partial charge in [-0.15, -0.1) is 0 Å². The molecule has 1 aromatic carbocycles. The van der Waals surface area contributed by atoms with E-state index in [9.17, 15) is 4.79 Å². The van der Waals surface area contributed by atoms with Gasteiger partial charge in [-0.25, -0.2) is 0 Å². The zero-order valence-electron chi connectivity index (χ0n) is 10.1. The summed E-state index contributed by atoms with van der Waals surface area (Å²) in [4.78, 5) is 13.6. The van der Waals surface area contributed by atoms with E-state index in [0.717, 1.165) is 36.4 Å². The van der Waals surface area contributed by atoms with Crippen LogP contribution in [0.2, 0.25) is 0 Å². The van der Waals surface area contributed by atoms with Crippen molar-refractivity contribution in [2.24, 2.45) is 5.73 Å². The predicted octanol–water partition coefficient (Wildman–Crippen LogP) is 1.67. The molecular weight excluding hydrogens is 216 g/mol. The minimum atomic E-state index is 0.0337. The van der Waals surface area contributed by atoms with E-state index in [1.807, 2.05) is 23.1 Å². The predicted molar refractivity (Wildman–Crippen MR) is 67.1 cm³/mol. The van der Waals surface area contributed by atoms with E-state index in [4.69, 9.17) is 10.5 Å². The van der Waals surface area contributed by atoms with E-state index in [1.54, 1.807) is 0 Å². The highest BCUT2D eigenvalue weighted by Crippen LogP contribution is 2.33. The van der Waals surface area contributed by atoms with Gasteiger partial charge in [-0.2, -0.15) is 0 Å². The summed E-state index contributed by atoms with van der Waals surface area (Å²) in [6.45, 7) is 3.49. The van der Waals surface area contributed by atoms with Crippen molar-refractivity contribution in [3.63, 3.8) is 0 Å². The van der Waals surface area contributed by atoms with Gasteiger partial charge in [-0.05, 0) is 24.1 Å². The van der Waals surface area contributed by atoms with Gasteiger partial charge in [0.05, 0.1) is 5.69 Å². The molecule has 1 amide bonds. The number of rotatable bonds is 4. The van der Waals surface area contributed by atoms with Crippen LogP contribution in [0.5, 0.6) is 5.75 Å². The number of benzene rings is 1. The molecule has 1 aliphatic heterocycles. The Bertz CT molecular complexity index is 418. The van der Waals surface area contributed by atoms with Gasteiger partial charge in [0.15, 0.2) is 6.61 Å². The second-order valence-corrected chi connectivity index (χ2v) is 4.19. The number of nitrogens with two attached hydrogens (primary N) is 1. The summed E-state index contributed by atoms with van der Waals surface area (Å²) >= 11 is 0. The van der Waals surface area contributed by atoms with Gasteiger partial charge in [-0.3, -0.25) is 4.79 Å². The number of unbranched alkanes of at least 4 members (excludes halogenated alkanes) is 1. The molecule has 0 radical (unpaired) electrons. The van der Waals surface area contributed by atoms with Gasteiger partial charge >= 0.3 is 0 Å². The second kappa shape index (κ2) is 5.19. The average molecular weight is 234 g/mol. The third-order valence-corrected chi connectivity index (χ3v) is 2.94. The molecule has 1 aliphatic rings. The van der Waals surface area contributed by atoms with Crippen LogP contribution in [0.25, 0.3) is 0 Å². The molecule has 2 N–H and O–H groups in total. The molecule has 0 aliphatic carbocycles. The molecule has 4 nitrogen and oxygen atoms in total. The minimum absolute atomic E-state index is 0.0337. The van der Waals surface area contributed by atoms with Crippen molar-refractivity contribution in [2.75, 3.05) is 18.1 Å². The standard InChI is InChI=1S/C13H18N2O2/c1-2-3-6-15-11-5-4-10(8-14)7-12(11)17-9-13(15)16/h4-5,7H,2-3,6,8-9,14H2,1H3. The van der Waals surface area contributed by atoms with Crippen LogP contribution in [0.4, 0.5) is 5.69 Å². The zero-order chi connectivity index (χ0) is 12.3. The molecule has 0 aromatic heterocycles. The number of amides is 1. The number of ether oxygens (including phenoxy) is 1. The zero-order valence-corrected chi connectivity index (χ0v) is 10.1. The average Bonchev–Trinajstić information content (AvgIpc) is 2.37. The molecule has 0 bridgehead atoms. The summed E-state index contributed by atoms with van der Waals surface area (Å²) in [5, 5.41) is 0. The number of hydrogen-bond donors (Lipinski definition) is 1. The van der Waals surface area contributed by atoms with Crippen molar-refractivity contribution in [1.82, 2.24) is 0 Å². The Kier molecular flexibility index (Phi) is 3.64. The van der Waals surface area contributed by atoms with Crippen LogP contribution in [0, 0.1) is 0 Å². The van der Waals surface area contributed by atoms with Crippen LogP contribution >= 0.6 is 0 Å². The van der Waals surface area contributed by atoms with Crippen LogP contribution in [0.1, 0.15) is 25.3 Å². The van der Waals surface area contributed by atoms with Gasteiger partial charge in [-0.1, -0.05) is 19.4 Å². The summed E-state index contributed by atoms with van der Waals surface area (Å²) in [5.41, 5.74) is 7.48. The maximum Gasteiger partial charge on any atom is 0.265 e. The van der Waals surface area contributed by atoms with Crippen molar-refractivity contribution in [2.45, 2.75) is 26.3 Å². The third-order valence-electron chi connectivity index (χ3n) is 2.94. The SMILES string of the molecule is CCCCN1C(=O)COc2cc(CN)ccc21. The molecule has 0 saturated heterocycles. The number of nitrogens with zero attached hydrogens (tertiary/aromatic N) is 1. The van der Waals surface area contributed by atoms with Crippen LogP contribution in [-0.4, -0.2) is 19.1 Å². The van der Waals surface area contributed by atoms with E-state index in [2.05, 4.69) is 6.92 Å². The van der Waals surface area contributed by atoms with Crippen LogP contribution in [0.3, 0.4) is 0 Å². The number of carbonyl (C=O) groups excluding carboxylic acids is 1. The smallest absolute Gasteiger partial charge is 0.265 e. The summed E-state index contributed by atoms with van der Waals surface area (Å²) in [6.07, 6.45) is 2.07. The van der Waals surface area contributed by atoms with Crippen molar-refractivity contribution in [3.05, 3.63) is 23.8 Å². The first-order valence-electron chi connectivity index (χ1n) is 6.02. The third kappa shape index (κ3) is 2.42. The van der Waals surface area contributed by atoms with E-state index in [-0.39, 0.29) is 12.5 Å². The quantitative estimate of drug-likeness (QED) is 0.862. The lowest BCUT2D eigenvalue weighted by Crippen LogP contribution is -2.39. The van der Waals surface area contributed by atoms with Crippen molar-refractivity contribution in [3.8, 4) is 5.75 Å². The minimum Gasteiger partial charge on any atom is -0.482 e. The highest BCUT2D eigenvalue weighted by atomic mass is 16.5. The van der Waals surface area contributed by atoms with E-state index in [1.165, 1.54) is 0 Å². The molecule has 2 rings (SSSR count). The number of anilines is 1. The van der Waals surface area contributed by atoms with E-state index in [0.29, 0.717) is 6.54 Å². The van der Waals surface area contributed by atoms with Gasteiger partial charge in [0.2, 0.25) is 0 Å². The molecule has 0 fully saturated rings. The monoisotopic (exact) mass is 234 g/mol. The van der Waals surface area contributed by atoms with Gasteiger partial charge in [0.25, 0.3) is 5.91 Å². The first kappa shape index (κ1) is 11.9. The van der Waals surface area contributed by atoms with Gasteiger partial charge in [0, 0.05) is 13.1 Å². The lowest BCUT2D eigenvalue weighted by Gasteiger charge is -2.29. The first-order valence-corrected chi connectivity index (χ1v) is 6.02. The molecule has 0 spiro atoms. The number of hydrogen-bond acceptors (Lipinski definition) is 3. The Labute approximate surface area is 101 Å². The van der Waals surface area contributed by atoms with E-state index >= 15 is 0 Å². The lowest BCUT2D eigenvalue weighted by molar-refractivity contribution is -0.121. The summed E-state index contributed by atoms with van der Waals surface area (Å²) in [7, 11) is 0. The normalized spacial score (nSPS) is 14.5. The molecule has 17 heavy (non-hydrogen) atoms. The Hall–Kier alpha value is -1.55. The molecule has 0 saturated carbocycles. The number of carbonyl (C=O) groups is 1. The van der Waals surface area contributed by atoms with E-state index < -0.39 is 0 Å². The maximum absolute atomic E-state index is 11.8. The fourth-order valence-electron chi connectivity index (χ4n) is 1.94. The van der Waals surface area contributed by atoms with Crippen molar-refractivity contribution < 1.29 is 9.53 Å². The highest BCUT2D eigenvalue weighted by molar-refractivity contribution is 5.97. The van der Waals surface area contributed by atoms with Gasteiger partial charge < -0.3 is 15.4 Å². The first-order chi connectivity index (χ1) is 8.26. The molecule has 0 unspecified atom stereocenters. The summed E-state index contributed by atoms with van der Waals surface area (Å²) in [6, 6.07) is 5.78. The fourth-order valence-corrected chi connectivity index (χ4v) is 1.94. The topological polar surface area (TPSA) is 55.6 Å². The van der Waals surface area contributed by atoms with Crippen LogP contribution in [-0.2, 0) is 11.3 Å². The largest absolute Gasteiger partial charge is 0.482 e. The Morgan fingerprint density at radius 1 is 1.47 bits per heavy atom. The van der Waals surface area contributed by atoms with Crippen LogP contribution < -0.4 is 15.4 Å². The Balaban J connectivity index is 2.28. The molecule has 92 valence electrons. The lowest BCUT2D eigenvalue weighted by atomic mass is 10.1. The molecular formula is C13H18N2O2. The summed E-state index contributed by atoms with van der Waals surface area (Å²) in [5.74, 6) is 0.801. The molecule has 4 heteroatoms. The fraction of sp³-hybridized carbons (Fsp3) is 0.462. The van der Waals surface area contributed by atoms with Crippen molar-refractivity contribution >= 4 is 11.6 Å². The Morgan fingerprint density at radius 3 is 3.00 bits per heavy atom.